The van der Waals surface area contributed by atoms with Gasteiger partial charge in [-0.15, -0.1) is 0 Å². The largest absolute Gasteiger partial charge is 0.466 e. The second kappa shape index (κ2) is 8.67. The molecular weight excluding hydrogens is 316 g/mol. The number of amides is 2. The summed E-state index contributed by atoms with van der Waals surface area (Å²) >= 11 is 1.46. The molecule has 1 atom stereocenters. The molecule has 0 saturated carbocycles. The second-order valence-corrected chi connectivity index (χ2v) is 6.23. The molecule has 0 unspecified atom stereocenters. The van der Waals surface area contributed by atoms with Crippen LogP contribution in [0.5, 0.6) is 0 Å². The van der Waals surface area contributed by atoms with Crippen molar-refractivity contribution in [2.24, 2.45) is 5.92 Å². The summed E-state index contributed by atoms with van der Waals surface area (Å²) in [6.07, 6.45) is 1.80. The van der Waals surface area contributed by atoms with Gasteiger partial charge >= 0.3 is 5.97 Å². The molecule has 7 heteroatoms. The van der Waals surface area contributed by atoms with Gasteiger partial charge in [0.15, 0.2) is 0 Å². The van der Waals surface area contributed by atoms with Crippen LogP contribution >= 0.6 is 11.3 Å². The van der Waals surface area contributed by atoms with Crippen LogP contribution in [0, 0.1) is 5.92 Å². The van der Waals surface area contributed by atoms with Crippen molar-refractivity contribution in [1.29, 1.82) is 0 Å². The minimum absolute atomic E-state index is 0.0374. The first kappa shape index (κ1) is 17.5. The summed E-state index contributed by atoms with van der Waals surface area (Å²) in [4.78, 5) is 37.5. The van der Waals surface area contributed by atoms with Crippen LogP contribution in [0.4, 0.5) is 0 Å². The molecule has 1 aromatic heterocycles. The fourth-order valence-corrected chi connectivity index (χ4v) is 3.23. The average Bonchev–Trinajstić information content (AvgIpc) is 3.09. The van der Waals surface area contributed by atoms with Gasteiger partial charge in [0.2, 0.25) is 5.91 Å². The number of likely N-dealkylation sites (tertiary alicyclic amines) is 1. The third kappa shape index (κ3) is 5.06. The van der Waals surface area contributed by atoms with Gasteiger partial charge in [-0.25, -0.2) is 0 Å². The summed E-state index contributed by atoms with van der Waals surface area (Å²) < 4.78 is 5.03. The zero-order chi connectivity index (χ0) is 16.7. The van der Waals surface area contributed by atoms with E-state index in [9.17, 15) is 14.4 Å². The predicted octanol–water partition coefficient (Wildman–Crippen LogP) is 1.67. The smallest absolute Gasteiger partial charge is 0.310 e. The Labute approximate surface area is 139 Å². The van der Waals surface area contributed by atoms with Crippen LogP contribution in [0.15, 0.2) is 16.8 Å². The SMILES string of the molecule is CCOC(=O)[C@H]1CCCN(C(=O)CCNC(=O)c2ccsc2)C1. The van der Waals surface area contributed by atoms with E-state index in [0.29, 0.717) is 31.8 Å². The summed E-state index contributed by atoms with van der Waals surface area (Å²) in [5.41, 5.74) is 0.614. The quantitative estimate of drug-likeness (QED) is 0.801. The van der Waals surface area contributed by atoms with Gasteiger partial charge in [-0.3, -0.25) is 14.4 Å². The Hall–Kier alpha value is -1.89. The Morgan fingerprint density at radius 1 is 1.43 bits per heavy atom. The number of ether oxygens (including phenoxy) is 1. The Balaban J connectivity index is 1.74. The Bertz CT molecular complexity index is 544. The number of nitrogens with one attached hydrogen (secondary N) is 1. The fraction of sp³-hybridized carbons (Fsp3) is 0.562. The zero-order valence-electron chi connectivity index (χ0n) is 13.2. The second-order valence-electron chi connectivity index (χ2n) is 5.45. The number of rotatable bonds is 6. The van der Waals surface area contributed by atoms with Crippen LogP contribution < -0.4 is 5.32 Å². The first-order valence-electron chi connectivity index (χ1n) is 7.86. The van der Waals surface area contributed by atoms with Crippen molar-refractivity contribution in [3.8, 4) is 0 Å². The van der Waals surface area contributed by atoms with Crippen molar-refractivity contribution < 1.29 is 19.1 Å². The highest BCUT2D eigenvalue weighted by molar-refractivity contribution is 7.08. The maximum Gasteiger partial charge on any atom is 0.310 e. The van der Waals surface area contributed by atoms with Gasteiger partial charge in [-0.05, 0) is 31.2 Å². The molecule has 126 valence electrons. The third-order valence-corrected chi connectivity index (χ3v) is 4.49. The molecule has 1 aliphatic heterocycles. The van der Waals surface area contributed by atoms with Crippen LogP contribution in [0.25, 0.3) is 0 Å². The highest BCUT2D eigenvalue weighted by Gasteiger charge is 2.29. The van der Waals surface area contributed by atoms with Crippen molar-refractivity contribution >= 4 is 29.1 Å². The number of hydrogen-bond acceptors (Lipinski definition) is 5. The highest BCUT2D eigenvalue weighted by Crippen LogP contribution is 2.18. The van der Waals surface area contributed by atoms with E-state index in [4.69, 9.17) is 4.74 Å². The number of nitrogens with zero attached hydrogens (tertiary/aromatic N) is 1. The summed E-state index contributed by atoms with van der Waals surface area (Å²) in [6.45, 7) is 3.51. The molecule has 1 aliphatic rings. The molecule has 1 saturated heterocycles. The summed E-state index contributed by atoms with van der Waals surface area (Å²) in [6, 6.07) is 1.75. The van der Waals surface area contributed by atoms with Gasteiger partial charge in [0.25, 0.3) is 5.91 Å². The van der Waals surface area contributed by atoms with Gasteiger partial charge in [0, 0.05) is 37.0 Å². The Morgan fingerprint density at radius 3 is 2.96 bits per heavy atom. The van der Waals surface area contributed by atoms with Crippen molar-refractivity contribution in [1.82, 2.24) is 10.2 Å². The first-order chi connectivity index (χ1) is 11.1. The Kier molecular flexibility index (Phi) is 6.58. The molecule has 1 aromatic rings. The number of piperidine rings is 1. The lowest BCUT2D eigenvalue weighted by atomic mass is 9.98. The van der Waals surface area contributed by atoms with Crippen LogP contribution in [0.2, 0.25) is 0 Å². The minimum Gasteiger partial charge on any atom is -0.466 e. The monoisotopic (exact) mass is 338 g/mol. The van der Waals surface area contributed by atoms with Gasteiger partial charge in [-0.1, -0.05) is 0 Å². The van der Waals surface area contributed by atoms with Crippen LogP contribution in [0.1, 0.15) is 36.5 Å². The maximum absolute atomic E-state index is 12.2. The average molecular weight is 338 g/mol. The normalized spacial score (nSPS) is 17.6. The lowest BCUT2D eigenvalue weighted by Crippen LogP contribution is -2.43. The molecular formula is C16H22N2O4S. The molecule has 2 rings (SSSR count). The van der Waals surface area contributed by atoms with E-state index >= 15 is 0 Å². The molecule has 0 aliphatic carbocycles. The molecule has 1 N–H and O–H groups in total. The van der Waals surface area contributed by atoms with Gasteiger partial charge in [-0.2, -0.15) is 11.3 Å². The zero-order valence-corrected chi connectivity index (χ0v) is 14.1. The molecule has 2 heterocycles. The Morgan fingerprint density at radius 2 is 2.26 bits per heavy atom. The highest BCUT2D eigenvalue weighted by atomic mass is 32.1. The lowest BCUT2D eigenvalue weighted by molar-refractivity contribution is -0.151. The number of carbonyl (C=O) groups excluding carboxylic acids is 3. The standard InChI is InChI=1S/C16H22N2O4S/c1-2-22-16(21)12-4-3-8-18(10-12)14(19)5-7-17-15(20)13-6-9-23-11-13/h6,9,11-12H,2-5,7-8,10H2,1H3,(H,17,20)/t12-/m0/s1. The lowest BCUT2D eigenvalue weighted by Gasteiger charge is -2.31. The fourth-order valence-electron chi connectivity index (χ4n) is 2.59. The number of esters is 1. The summed E-state index contributed by atoms with van der Waals surface area (Å²) in [7, 11) is 0. The molecule has 1 fully saturated rings. The van der Waals surface area contributed by atoms with Gasteiger partial charge < -0.3 is 15.0 Å². The van der Waals surface area contributed by atoms with Gasteiger partial charge in [0.05, 0.1) is 12.5 Å². The molecule has 0 radical (unpaired) electrons. The molecule has 0 bridgehead atoms. The van der Waals surface area contributed by atoms with Crippen LogP contribution in [-0.4, -0.2) is 48.9 Å². The molecule has 0 spiro atoms. The number of hydrogen-bond donors (Lipinski definition) is 1. The van der Waals surface area contributed by atoms with E-state index in [0.717, 1.165) is 12.8 Å². The summed E-state index contributed by atoms with van der Waals surface area (Å²) in [5, 5.41) is 6.34. The van der Waals surface area contributed by atoms with Gasteiger partial charge in [0.1, 0.15) is 0 Å². The van der Waals surface area contributed by atoms with E-state index in [-0.39, 0.29) is 30.1 Å². The molecule has 23 heavy (non-hydrogen) atoms. The van der Waals surface area contributed by atoms with E-state index in [1.54, 1.807) is 23.3 Å². The van der Waals surface area contributed by atoms with Crippen molar-refractivity contribution in [2.45, 2.75) is 26.2 Å². The number of thiophene rings is 1. The van der Waals surface area contributed by atoms with Crippen LogP contribution in [0.3, 0.4) is 0 Å². The number of carbonyl (C=O) groups is 3. The molecule has 6 nitrogen and oxygen atoms in total. The van der Waals surface area contributed by atoms with E-state index in [2.05, 4.69) is 5.32 Å². The van der Waals surface area contributed by atoms with Crippen molar-refractivity contribution in [2.75, 3.05) is 26.2 Å². The topological polar surface area (TPSA) is 75.7 Å². The van der Waals surface area contributed by atoms with E-state index < -0.39 is 0 Å². The predicted molar refractivity (Wildman–Crippen MR) is 87.2 cm³/mol. The molecule has 0 aromatic carbocycles. The van der Waals surface area contributed by atoms with E-state index in [1.807, 2.05) is 5.38 Å². The minimum atomic E-state index is -0.229. The third-order valence-electron chi connectivity index (χ3n) is 3.80. The van der Waals surface area contributed by atoms with Crippen molar-refractivity contribution in [3.05, 3.63) is 22.4 Å². The first-order valence-corrected chi connectivity index (χ1v) is 8.81. The summed E-state index contributed by atoms with van der Waals surface area (Å²) in [5.74, 6) is -0.657. The maximum atomic E-state index is 12.2. The van der Waals surface area contributed by atoms with Crippen molar-refractivity contribution in [3.63, 3.8) is 0 Å². The van der Waals surface area contributed by atoms with E-state index in [1.165, 1.54) is 11.3 Å². The van der Waals surface area contributed by atoms with Crippen LogP contribution in [-0.2, 0) is 14.3 Å². The molecule has 2 amide bonds.